The largest absolute Gasteiger partial charge is 0.497 e. The number of hydrogen-bond donors (Lipinski definition) is 2. The number of carbonyl (C=O) groups excluding carboxylic acids is 3. The first-order valence-electron chi connectivity index (χ1n) is 12.4. The number of ether oxygens (including phenoxy) is 1. The van der Waals surface area contributed by atoms with E-state index in [4.69, 9.17) is 4.74 Å². The number of nitrogens with zero attached hydrogens (tertiary/aromatic N) is 2. The molecule has 8 heteroatoms. The van der Waals surface area contributed by atoms with Gasteiger partial charge in [0.15, 0.2) is 0 Å². The third-order valence-electron chi connectivity index (χ3n) is 7.39. The van der Waals surface area contributed by atoms with Crippen LogP contribution in [0.3, 0.4) is 0 Å². The van der Waals surface area contributed by atoms with E-state index in [0.717, 1.165) is 51.7 Å². The Morgan fingerprint density at radius 1 is 1.12 bits per heavy atom. The summed E-state index contributed by atoms with van der Waals surface area (Å²) in [5.74, 6) is 0.895. The van der Waals surface area contributed by atoms with Crippen molar-refractivity contribution in [3.63, 3.8) is 0 Å². The first-order chi connectivity index (χ1) is 16.1. The summed E-state index contributed by atoms with van der Waals surface area (Å²) in [6, 6.07) is 5.38. The summed E-state index contributed by atoms with van der Waals surface area (Å²) in [7, 11) is 1.56. The number of nitrogens with one attached hydrogen (secondary N) is 2. The lowest BCUT2D eigenvalue weighted by molar-refractivity contribution is -0.147. The normalized spacial score (nSPS) is 22.4. The van der Waals surface area contributed by atoms with Gasteiger partial charge in [-0.3, -0.25) is 19.3 Å². The number of benzene rings is 1. The van der Waals surface area contributed by atoms with Gasteiger partial charge in [0.05, 0.1) is 25.0 Å². The van der Waals surface area contributed by atoms with E-state index in [2.05, 4.69) is 41.2 Å². The molecular formula is C26H40N4O4. The molecule has 0 spiro atoms. The van der Waals surface area contributed by atoms with E-state index in [1.54, 1.807) is 25.3 Å². The van der Waals surface area contributed by atoms with E-state index in [9.17, 15) is 14.4 Å². The van der Waals surface area contributed by atoms with Crippen molar-refractivity contribution in [2.75, 3.05) is 43.9 Å². The van der Waals surface area contributed by atoms with Gasteiger partial charge in [-0.1, -0.05) is 13.3 Å². The number of likely N-dealkylation sites (tertiary alicyclic amines) is 2. The van der Waals surface area contributed by atoms with Crippen LogP contribution >= 0.6 is 0 Å². The predicted octanol–water partition coefficient (Wildman–Crippen LogP) is 3.73. The zero-order chi connectivity index (χ0) is 24.9. The quantitative estimate of drug-likeness (QED) is 0.631. The van der Waals surface area contributed by atoms with Crippen molar-refractivity contribution in [3.8, 4) is 5.75 Å². The smallest absolute Gasteiger partial charge is 0.238 e. The van der Waals surface area contributed by atoms with Crippen molar-refractivity contribution in [2.24, 2.45) is 11.3 Å². The molecule has 1 aromatic rings. The summed E-state index contributed by atoms with van der Waals surface area (Å²) in [6.07, 6.45) is 4.94. The van der Waals surface area contributed by atoms with Crippen molar-refractivity contribution in [2.45, 2.75) is 65.8 Å². The molecule has 3 rings (SSSR count). The third kappa shape index (κ3) is 6.09. The molecule has 2 aliphatic heterocycles. The molecule has 3 amide bonds. The number of piperidine rings is 1. The summed E-state index contributed by atoms with van der Waals surface area (Å²) in [6.45, 7) is 10.5. The lowest BCUT2D eigenvalue weighted by atomic mass is 9.69. The molecule has 2 fully saturated rings. The molecule has 0 aliphatic carbocycles. The number of carbonyl (C=O) groups is 3. The van der Waals surface area contributed by atoms with E-state index < -0.39 is 0 Å². The maximum absolute atomic E-state index is 13.4. The van der Waals surface area contributed by atoms with Gasteiger partial charge < -0.3 is 20.3 Å². The van der Waals surface area contributed by atoms with Crippen LogP contribution in [0.15, 0.2) is 18.2 Å². The number of rotatable bonds is 7. The molecule has 188 valence electrons. The maximum atomic E-state index is 13.4. The monoisotopic (exact) mass is 472 g/mol. The first kappa shape index (κ1) is 26.0. The van der Waals surface area contributed by atoms with Crippen LogP contribution in [-0.2, 0) is 14.4 Å². The van der Waals surface area contributed by atoms with E-state index in [1.807, 2.05) is 0 Å². The van der Waals surface area contributed by atoms with Gasteiger partial charge in [0, 0.05) is 31.0 Å². The molecule has 8 nitrogen and oxygen atoms in total. The average molecular weight is 473 g/mol. The Kier molecular flexibility index (Phi) is 8.57. The minimum absolute atomic E-state index is 0.138. The van der Waals surface area contributed by atoms with Crippen LogP contribution in [0.25, 0.3) is 0 Å². The molecular weight excluding hydrogens is 432 g/mol. The summed E-state index contributed by atoms with van der Waals surface area (Å²) < 4.78 is 5.26. The van der Waals surface area contributed by atoms with Gasteiger partial charge in [-0.15, -0.1) is 0 Å². The van der Waals surface area contributed by atoms with Gasteiger partial charge in [0.2, 0.25) is 17.7 Å². The molecule has 2 saturated heterocycles. The highest BCUT2D eigenvalue weighted by Gasteiger charge is 2.45. The van der Waals surface area contributed by atoms with Gasteiger partial charge in [0.1, 0.15) is 5.75 Å². The Bertz CT molecular complexity index is 895. The molecule has 0 radical (unpaired) electrons. The summed E-state index contributed by atoms with van der Waals surface area (Å²) >= 11 is 0. The van der Waals surface area contributed by atoms with Crippen LogP contribution in [0.1, 0.15) is 59.8 Å². The van der Waals surface area contributed by atoms with Gasteiger partial charge in [0.25, 0.3) is 0 Å². The molecule has 0 unspecified atom stereocenters. The van der Waals surface area contributed by atoms with E-state index in [-0.39, 0.29) is 29.8 Å². The lowest BCUT2D eigenvalue weighted by Crippen LogP contribution is -2.50. The number of hydrogen-bond acceptors (Lipinski definition) is 5. The third-order valence-corrected chi connectivity index (χ3v) is 7.39. The fourth-order valence-electron chi connectivity index (χ4n) is 5.36. The van der Waals surface area contributed by atoms with Crippen LogP contribution in [0.2, 0.25) is 0 Å². The minimum atomic E-state index is -0.316. The maximum Gasteiger partial charge on any atom is 0.238 e. The van der Waals surface area contributed by atoms with Crippen LogP contribution in [0.4, 0.5) is 11.4 Å². The van der Waals surface area contributed by atoms with Crippen LogP contribution in [0.5, 0.6) is 5.75 Å². The fraction of sp³-hybridized carbons (Fsp3) is 0.654. The first-order valence-corrected chi connectivity index (χ1v) is 12.4. The number of methoxy groups -OCH3 is 1. The Balaban J connectivity index is 1.59. The summed E-state index contributed by atoms with van der Waals surface area (Å²) in [5, 5.41) is 5.66. The minimum Gasteiger partial charge on any atom is -0.497 e. The van der Waals surface area contributed by atoms with Crippen molar-refractivity contribution >= 4 is 29.1 Å². The highest BCUT2D eigenvalue weighted by atomic mass is 16.5. The van der Waals surface area contributed by atoms with Gasteiger partial charge in [-0.25, -0.2) is 0 Å². The molecule has 34 heavy (non-hydrogen) atoms. The second-order valence-corrected chi connectivity index (χ2v) is 10.2. The van der Waals surface area contributed by atoms with Crippen molar-refractivity contribution in [3.05, 3.63) is 18.2 Å². The molecule has 2 aliphatic rings. The summed E-state index contributed by atoms with van der Waals surface area (Å²) in [4.78, 5) is 42.0. The van der Waals surface area contributed by atoms with E-state index >= 15 is 0 Å². The standard InChI is InChI=1S/C26H40N4O4/c1-18(2)30-13-7-6-12-26(4,25(30)33)20-10-14-29(15-11-20)17-24(32)28-23-16-21(34-5)8-9-22(23)27-19(3)31/h8-9,16,18,20H,6-7,10-15,17H2,1-5H3,(H,27,31)(H,28,32)/t26-/m0/s1. The molecule has 0 bridgehead atoms. The zero-order valence-electron chi connectivity index (χ0n) is 21.3. The molecule has 0 saturated carbocycles. The number of anilines is 2. The van der Waals surface area contributed by atoms with Crippen LogP contribution < -0.4 is 15.4 Å². The molecule has 0 aromatic heterocycles. The molecule has 2 N–H and O–H groups in total. The van der Waals surface area contributed by atoms with Crippen LogP contribution in [-0.4, -0.2) is 66.9 Å². The molecule has 1 aromatic carbocycles. The van der Waals surface area contributed by atoms with Crippen molar-refractivity contribution < 1.29 is 19.1 Å². The van der Waals surface area contributed by atoms with E-state index in [0.29, 0.717) is 28.9 Å². The van der Waals surface area contributed by atoms with Crippen LogP contribution in [0, 0.1) is 11.3 Å². The Labute approximate surface area is 203 Å². The van der Waals surface area contributed by atoms with Gasteiger partial charge in [-0.2, -0.15) is 0 Å². The second-order valence-electron chi connectivity index (χ2n) is 10.2. The second kappa shape index (κ2) is 11.2. The SMILES string of the molecule is COc1ccc(NC(C)=O)c(NC(=O)CN2CCC([C@]3(C)CCCCN(C(C)C)C3=O)CC2)c1. The lowest BCUT2D eigenvalue weighted by Gasteiger charge is -2.43. The summed E-state index contributed by atoms with van der Waals surface area (Å²) in [5.41, 5.74) is 0.734. The zero-order valence-corrected chi connectivity index (χ0v) is 21.3. The molecule has 2 heterocycles. The Hall–Kier alpha value is -2.61. The van der Waals surface area contributed by atoms with Crippen molar-refractivity contribution in [1.29, 1.82) is 0 Å². The topological polar surface area (TPSA) is 91.0 Å². The fourth-order valence-corrected chi connectivity index (χ4v) is 5.36. The predicted molar refractivity (Wildman–Crippen MR) is 134 cm³/mol. The average Bonchev–Trinajstić information content (AvgIpc) is 2.94. The highest BCUT2D eigenvalue weighted by Crippen LogP contribution is 2.43. The Morgan fingerprint density at radius 2 is 1.82 bits per heavy atom. The van der Waals surface area contributed by atoms with Crippen molar-refractivity contribution in [1.82, 2.24) is 9.80 Å². The van der Waals surface area contributed by atoms with Gasteiger partial charge in [-0.05, 0) is 70.7 Å². The number of amides is 3. The highest BCUT2D eigenvalue weighted by molar-refractivity contribution is 5.99. The van der Waals surface area contributed by atoms with Gasteiger partial charge >= 0.3 is 0 Å². The molecule has 1 atom stereocenters. The Morgan fingerprint density at radius 3 is 2.44 bits per heavy atom. The van der Waals surface area contributed by atoms with E-state index in [1.165, 1.54) is 6.92 Å².